The van der Waals surface area contributed by atoms with E-state index in [1.54, 1.807) is 25.3 Å². The molecule has 0 amide bonds. The summed E-state index contributed by atoms with van der Waals surface area (Å²) in [4.78, 5) is 57.5. The molecule has 5 spiro atoms. The van der Waals surface area contributed by atoms with E-state index in [1.165, 1.54) is 135 Å². The second-order valence-electron chi connectivity index (χ2n) is 40.8. The van der Waals surface area contributed by atoms with E-state index in [-0.39, 0.29) is 111 Å². The van der Waals surface area contributed by atoms with Crippen LogP contribution in [-0.2, 0) is 97.3 Å². The number of aliphatic carboxylic acids is 2. The molecule has 25 rings (SSSR count). The number of ether oxygens (including phenoxy) is 9. The smallest absolute Gasteiger partial charge is 0.335 e. The molecule has 20 aliphatic rings. The number of aliphatic hydroxyl groups excluding tert-OH is 3. The number of Topliss-reactive ketones (excluding diaryl/α,β-unsaturated/α-hetero) is 2. The van der Waals surface area contributed by atoms with Gasteiger partial charge in [-0.05, 0) is 303 Å². The van der Waals surface area contributed by atoms with Crippen LogP contribution in [0.5, 0.6) is 28.7 Å². The maximum Gasteiger partial charge on any atom is 0.335 e. The summed E-state index contributed by atoms with van der Waals surface area (Å²) in [6, 6.07) is 25.7. The molecule has 5 saturated heterocycles. The predicted molar refractivity (Wildman–Crippen MR) is 488 cm³/mol. The minimum atomic E-state index is -2.27. The Morgan fingerprint density at radius 1 is 0.386 bits per heavy atom. The van der Waals surface area contributed by atoms with E-state index in [0.29, 0.717) is 111 Å². The zero-order chi connectivity index (χ0) is 85.7. The number of benzene rings is 5. The third-order valence-corrected chi connectivity index (χ3v) is 35.5. The average Bonchev–Trinajstić information content (AvgIpc) is 1.58. The van der Waals surface area contributed by atoms with Gasteiger partial charge >= 0.3 is 11.9 Å². The number of methoxy groups -OCH3 is 2. The number of carboxylic acid groups (broad SMARTS) is 2. The first-order valence-corrected chi connectivity index (χ1v) is 46.4. The lowest BCUT2D eigenvalue weighted by Gasteiger charge is -2.58. The van der Waals surface area contributed by atoms with Gasteiger partial charge in [-0.1, -0.05) is 82.9 Å². The SMILES string of the molecule is C.C.C.COCCO[C@H]1CCC2[C@H]3Cc4ccc(C)c5c4[C@@]2(CCN3C)[C@H]1O5.COCCO[C@H]1CCC2[C@H]3Cc4ccc(C)c5c4[C@@]2(CCN3C)[C@H]1O5.Cc1ccc2c3c1O[C@H]1C(=O)CCC4[C@@H](C2)N(C)CC[C@@]341.Cc1ccc2c3c1O[C@H]1C(=O)CCC4[C@@H](C2)N(C)CC[C@@]341.Cc1ccc2c3c1O[C@H]1[C@@H](O)CCC4[C@@H](C2)N(C)CC[C@@]341.Cl.O=C(O)C(O)C(O)C(=O)O. The number of carbonyl (C=O) groups excluding carboxylic acids is 2. The summed E-state index contributed by atoms with van der Waals surface area (Å²) in [5.74, 6) is 5.91. The van der Waals surface area contributed by atoms with Crippen molar-refractivity contribution in [3.63, 3.8) is 0 Å². The fraction of sp³-hybridized carbons (Fsp3) is 0.670. The number of hydrogen-bond donors (Lipinski definition) is 5. The molecule has 24 heteroatoms. The Hall–Kier alpha value is -6.81. The van der Waals surface area contributed by atoms with E-state index in [2.05, 4.69) is 155 Å². The number of likely N-dealkylation sites (tertiary alicyclic amines) is 5. The van der Waals surface area contributed by atoms with Crippen LogP contribution >= 0.6 is 12.4 Å². The number of nitrogens with zero attached hydrogens (tertiary/aromatic N) is 5. The van der Waals surface area contributed by atoms with Gasteiger partial charge in [0.2, 0.25) is 0 Å². The lowest BCUT2D eigenvalue weighted by atomic mass is 9.51. The van der Waals surface area contributed by atoms with Gasteiger partial charge in [0.1, 0.15) is 47.1 Å². The van der Waals surface area contributed by atoms with Gasteiger partial charge < -0.3 is 92.7 Å². The highest BCUT2D eigenvalue weighted by atomic mass is 35.5. The molecule has 25 atom stereocenters. The highest BCUT2D eigenvalue weighted by molar-refractivity contribution is 5.90. The van der Waals surface area contributed by atoms with E-state index >= 15 is 0 Å². The molecule has 5 aromatic carbocycles. The van der Waals surface area contributed by atoms with E-state index in [4.69, 9.17) is 63.1 Å². The number of hydrogen-bond acceptors (Lipinski definition) is 21. The Kier molecular flexibility index (Phi) is 25.7. The van der Waals surface area contributed by atoms with Crippen LogP contribution < -0.4 is 23.7 Å². The maximum atomic E-state index is 12.6. The maximum absolute atomic E-state index is 12.6. The first kappa shape index (κ1) is 93.4. The molecule has 10 aliphatic carbocycles. The van der Waals surface area contributed by atoms with Crippen molar-refractivity contribution in [1.29, 1.82) is 0 Å². The van der Waals surface area contributed by atoms with Crippen molar-refractivity contribution >= 4 is 35.9 Å². The van der Waals surface area contributed by atoms with Gasteiger partial charge in [-0.2, -0.15) is 0 Å². The van der Waals surface area contributed by atoms with Crippen molar-refractivity contribution in [2.75, 3.05) is 109 Å². The first-order valence-electron chi connectivity index (χ1n) is 46.4. The van der Waals surface area contributed by atoms with E-state index in [9.17, 15) is 24.3 Å². The quantitative estimate of drug-likeness (QED) is 0.0769. The van der Waals surface area contributed by atoms with E-state index < -0.39 is 24.1 Å². The van der Waals surface area contributed by atoms with Crippen LogP contribution in [0.4, 0.5) is 0 Å². The van der Waals surface area contributed by atoms with Crippen LogP contribution in [-0.4, -0.2) is 273 Å². The summed E-state index contributed by atoms with van der Waals surface area (Å²) in [7, 11) is 14.9. The summed E-state index contributed by atoms with van der Waals surface area (Å²) in [6.07, 6.45) is 17.1. The molecule has 0 radical (unpaired) electrons. The number of piperidine rings is 5. The fourth-order valence-electron chi connectivity index (χ4n) is 30.0. The Bertz CT molecular complexity index is 4800. The molecule has 23 nitrogen and oxygen atoms in total. The number of carboxylic acids is 2. The molecule has 127 heavy (non-hydrogen) atoms. The zero-order valence-corrected chi connectivity index (χ0v) is 75.3. The van der Waals surface area contributed by atoms with Crippen LogP contribution in [0.15, 0.2) is 60.7 Å². The van der Waals surface area contributed by atoms with Gasteiger partial charge in [-0.3, -0.25) is 9.59 Å². The monoisotopic (exact) mass is 1770 g/mol. The fourth-order valence-corrected chi connectivity index (χ4v) is 30.0. The van der Waals surface area contributed by atoms with E-state index in [0.717, 1.165) is 114 Å². The van der Waals surface area contributed by atoms with Crippen LogP contribution in [0.2, 0.25) is 0 Å². The van der Waals surface area contributed by atoms with E-state index in [1.807, 2.05) is 0 Å². The Morgan fingerprint density at radius 2 is 0.646 bits per heavy atom. The molecule has 5 saturated carbocycles. The van der Waals surface area contributed by atoms with Gasteiger partial charge in [0.05, 0.1) is 44.7 Å². The molecule has 5 N–H and O–H groups in total. The Labute approximate surface area is 758 Å². The molecule has 7 unspecified atom stereocenters. The molecule has 694 valence electrons. The zero-order valence-electron chi connectivity index (χ0n) is 74.5. The lowest BCUT2D eigenvalue weighted by Crippen LogP contribution is -2.66. The molecular formula is C103H142ClN5O18. The van der Waals surface area contributed by atoms with Gasteiger partial charge in [-0.15, -0.1) is 12.4 Å². The largest absolute Gasteiger partial charge is 0.486 e. The van der Waals surface area contributed by atoms with Gasteiger partial charge in [0, 0.05) is 112 Å². The van der Waals surface area contributed by atoms with Crippen molar-refractivity contribution in [1.82, 2.24) is 24.5 Å². The number of aryl methyl sites for hydroxylation is 5. The highest BCUT2D eigenvalue weighted by Gasteiger charge is 2.71. The van der Waals surface area contributed by atoms with Crippen LogP contribution in [0.25, 0.3) is 0 Å². The summed E-state index contributed by atoms with van der Waals surface area (Å²) in [5.41, 5.74) is 21.4. The number of likely N-dealkylation sites (N-methyl/N-ethyl adjacent to an activating group) is 5. The Balaban J connectivity index is 0.000000113. The molecule has 0 aromatic heterocycles. The molecular weight excluding hydrogens is 1630 g/mol. The van der Waals surface area contributed by atoms with Crippen molar-refractivity contribution in [2.45, 2.75) is 304 Å². The van der Waals surface area contributed by atoms with Crippen molar-refractivity contribution in [3.8, 4) is 28.7 Å². The van der Waals surface area contributed by atoms with Crippen molar-refractivity contribution in [2.24, 2.45) is 29.6 Å². The van der Waals surface area contributed by atoms with Crippen LogP contribution in [0, 0.1) is 64.2 Å². The Morgan fingerprint density at radius 3 is 0.945 bits per heavy atom. The molecule has 10 aliphatic heterocycles. The average molecular weight is 1770 g/mol. The summed E-state index contributed by atoms with van der Waals surface area (Å²) >= 11 is 0. The van der Waals surface area contributed by atoms with Crippen molar-refractivity contribution in [3.05, 3.63) is 144 Å². The minimum absolute atomic E-state index is 0. The number of aliphatic hydroxyl groups is 3. The first-order chi connectivity index (χ1) is 59.2. The van der Waals surface area contributed by atoms with Gasteiger partial charge in [0.15, 0.2) is 36.0 Å². The third-order valence-electron chi connectivity index (χ3n) is 35.5. The highest BCUT2D eigenvalue weighted by Crippen LogP contribution is 2.69. The van der Waals surface area contributed by atoms with Crippen molar-refractivity contribution < 1.29 is 87.3 Å². The normalized spacial score (nSPS) is 36.7. The third kappa shape index (κ3) is 13.7. The second kappa shape index (κ2) is 35.0. The topological polar surface area (TPSA) is 269 Å². The minimum Gasteiger partial charge on any atom is -0.486 e. The number of halogens is 1. The van der Waals surface area contributed by atoms with Crippen LogP contribution in [0.3, 0.4) is 0 Å². The summed E-state index contributed by atoms with van der Waals surface area (Å²) < 4.78 is 55.3. The number of carbonyl (C=O) groups is 4. The summed E-state index contributed by atoms with van der Waals surface area (Å²) in [6.45, 7) is 19.0. The molecule has 10 heterocycles. The summed E-state index contributed by atoms with van der Waals surface area (Å²) in [5, 5.41) is 43.1. The predicted octanol–water partition coefficient (Wildman–Crippen LogP) is 12.1. The standard InChI is InChI=1S/2C21H29NO3.C18H23NO2.2C18H21NO2.C4H6O6.3CH4.ClH/c2*1-13-4-5-14-12-16-15-6-7-17(24-11-10-23-3)20-21(15,8-9-22(16)2)18(14)19(13)25-20;3*1-10-3-4-11-9-13-12-5-6-14(20)17-18(12,7-8-19(13)2)15(11)16(10)21-17;5-1(3(7)8)2(6)4(9)10;;;;/h2*4-5,15-17,20H,6-12H2,1-3H3;3-4,12-14,17,20H,5-9H2,1-2H3;2*3-4,12-13,17H,5-9H2,1-2H3;1-2,5-6H,(H,7,8)(H,9,10);3*1H4;1H/t2*15?,16-,17+,20+,21+;12?,13-,14+,17+,18+;2*12?,13-,17+,18+;;;;;/m11111...../s1. The molecule has 10 fully saturated rings. The second-order valence-corrected chi connectivity index (χ2v) is 40.8. The lowest BCUT2D eigenvalue weighted by molar-refractivity contribution is -0.165. The molecule has 10 bridgehead atoms. The van der Waals surface area contributed by atoms with Gasteiger partial charge in [-0.25, -0.2) is 9.59 Å². The van der Waals surface area contributed by atoms with Crippen LogP contribution in [0.1, 0.15) is 202 Å². The molecule has 5 aromatic rings. The number of ketones is 2. The number of rotatable bonds is 11. The van der Waals surface area contributed by atoms with Gasteiger partial charge in [0.25, 0.3) is 0 Å².